The standard InChI is InChI=1S/C10H13FN2O6/c11-1-4-2-12-10(18)13(8(4)17)9-7(16)6(15)5(3-14)19-9/h2,5-7,9,14-16H,1,3H2,(H,12,18)/t5-,6-,7+,9?/m1/s1. The number of alkyl halides is 1. The summed E-state index contributed by atoms with van der Waals surface area (Å²) in [6, 6.07) is 0. The molecule has 106 valence electrons. The SMILES string of the molecule is O=c1[nH]cc(CF)c(=O)n1C1O[C@H](CO)[C@@H](O)[C@@H]1O. The van der Waals surface area contributed by atoms with Crippen molar-refractivity contribution in [1.29, 1.82) is 0 Å². The predicted octanol–water partition coefficient (Wildman–Crippen LogP) is -2.38. The predicted molar refractivity (Wildman–Crippen MR) is 59.1 cm³/mol. The maximum absolute atomic E-state index is 12.6. The molecule has 8 nitrogen and oxygen atoms in total. The lowest BCUT2D eigenvalue weighted by Crippen LogP contribution is -2.43. The molecule has 1 fully saturated rings. The zero-order valence-electron chi connectivity index (χ0n) is 9.69. The molecule has 1 aromatic rings. The summed E-state index contributed by atoms with van der Waals surface area (Å²) in [6.07, 6.45) is -4.70. The third-order valence-corrected chi connectivity index (χ3v) is 3.00. The van der Waals surface area contributed by atoms with E-state index >= 15 is 0 Å². The van der Waals surface area contributed by atoms with E-state index in [9.17, 15) is 24.2 Å². The summed E-state index contributed by atoms with van der Waals surface area (Å²) in [4.78, 5) is 25.6. The Kier molecular flexibility index (Phi) is 3.80. The van der Waals surface area contributed by atoms with Gasteiger partial charge in [-0.2, -0.15) is 0 Å². The summed E-state index contributed by atoms with van der Waals surface area (Å²) < 4.78 is 18.1. The van der Waals surface area contributed by atoms with Crippen molar-refractivity contribution in [2.75, 3.05) is 6.61 Å². The molecule has 1 saturated heterocycles. The van der Waals surface area contributed by atoms with Gasteiger partial charge in [-0.15, -0.1) is 0 Å². The smallest absolute Gasteiger partial charge is 0.330 e. The second-order valence-electron chi connectivity index (χ2n) is 4.16. The maximum atomic E-state index is 12.6. The van der Waals surface area contributed by atoms with E-state index in [0.29, 0.717) is 4.57 Å². The molecule has 0 amide bonds. The van der Waals surface area contributed by atoms with E-state index < -0.39 is 49.1 Å². The Labute approximate surface area is 105 Å². The van der Waals surface area contributed by atoms with Crippen LogP contribution >= 0.6 is 0 Å². The summed E-state index contributed by atoms with van der Waals surface area (Å²) in [5, 5.41) is 28.2. The molecule has 1 aromatic heterocycles. The molecule has 1 aliphatic heterocycles. The fourth-order valence-corrected chi connectivity index (χ4v) is 1.95. The lowest BCUT2D eigenvalue weighted by atomic mass is 10.1. The molecule has 0 bridgehead atoms. The van der Waals surface area contributed by atoms with Gasteiger partial charge in [0.1, 0.15) is 25.0 Å². The van der Waals surface area contributed by atoms with Gasteiger partial charge in [-0.25, -0.2) is 13.8 Å². The summed E-state index contributed by atoms with van der Waals surface area (Å²) in [6.45, 7) is -1.69. The second kappa shape index (κ2) is 5.21. The first-order chi connectivity index (χ1) is 9.01. The molecule has 9 heteroatoms. The van der Waals surface area contributed by atoms with Crippen molar-refractivity contribution in [3.8, 4) is 0 Å². The first kappa shape index (κ1) is 13.9. The van der Waals surface area contributed by atoms with Crippen molar-refractivity contribution in [3.05, 3.63) is 32.6 Å². The second-order valence-corrected chi connectivity index (χ2v) is 4.16. The normalized spacial score (nSPS) is 30.7. The van der Waals surface area contributed by atoms with Crippen LogP contribution in [-0.4, -0.2) is 49.8 Å². The van der Waals surface area contributed by atoms with E-state index in [2.05, 4.69) is 4.98 Å². The largest absolute Gasteiger partial charge is 0.394 e. The van der Waals surface area contributed by atoms with E-state index in [4.69, 9.17) is 9.84 Å². The van der Waals surface area contributed by atoms with Gasteiger partial charge in [0.2, 0.25) is 0 Å². The zero-order chi connectivity index (χ0) is 14.2. The molecule has 1 aliphatic rings. The van der Waals surface area contributed by atoms with E-state index in [1.807, 2.05) is 0 Å². The molecule has 0 saturated carbocycles. The van der Waals surface area contributed by atoms with E-state index in [1.54, 1.807) is 0 Å². The lowest BCUT2D eigenvalue weighted by molar-refractivity contribution is -0.0566. The van der Waals surface area contributed by atoms with Gasteiger partial charge in [0.25, 0.3) is 5.56 Å². The van der Waals surface area contributed by atoms with Crippen LogP contribution in [-0.2, 0) is 11.4 Å². The molecule has 0 radical (unpaired) electrons. The summed E-state index contributed by atoms with van der Waals surface area (Å²) in [5.74, 6) is 0. The van der Waals surface area contributed by atoms with Crippen molar-refractivity contribution >= 4 is 0 Å². The number of halogens is 1. The molecule has 0 spiro atoms. The van der Waals surface area contributed by atoms with Crippen molar-refractivity contribution in [1.82, 2.24) is 9.55 Å². The Morgan fingerprint density at radius 3 is 2.58 bits per heavy atom. The fraction of sp³-hybridized carbons (Fsp3) is 0.600. The average Bonchev–Trinajstić information content (AvgIpc) is 2.67. The molecule has 1 unspecified atom stereocenters. The Morgan fingerprint density at radius 2 is 2.05 bits per heavy atom. The highest BCUT2D eigenvalue weighted by molar-refractivity contribution is 5.04. The minimum Gasteiger partial charge on any atom is -0.394 e. The molecule has 19 heavy (non-hydrogen) atoms. The van der Waals surface area contributed by atoms with E-state index in [1.165, 1.54) is 0 Å². The molecule has 4 atom stereocenters. The van der Waals surface area contributed by atoms with Crippen LogP contribution in [0.4, 0.5) is 4.39 Å². The van der Waals surface area contributed by atoms with Crippen LogP contribution < -0.4 is 11.2 Å². The fourth-order valence-electron chi connectivity index (χ4n) is 1.95. The lowest BCUT2D eigenvalue weighted by Gasteiger charge is -2.16. The molecular formula is C10H13FN2O6. The topological polar surface area (TPSA) is 125 Å². The molecule has 2 heterocycles. The van der Waals surface area contributed by atoms with E-state index in [-0.39, 0.29) is 5.56 Å². The van der Waals surface area contributed by atoms with Gasteiger partial charge in [0.05, 0.1) is 12.2 Å². The van der Waals surface area contributed by atoms with Gasteiger partial charge in [0, 0.05) is 6.20 Å². The van der Waals surface area contributed by atoms with Gasteiger partial charge in [0.15, 0.2) is 6.23 Å². The molecule has 0 aliphatic carbocycles. The van der Waals surface area contributed by atoms with Crippen molar-refractivity contribution in [2.24, 2.45) is 0 Å². The number of aliphatic hydroxyl groups is 3. The summed E-state index contributed by atoms with van der Waals surface area (Å²) in [7, 11) is 0. The monoisotopic (exact) mass is 276 g/mol. The molecule has 0 aromatic carbocycles. The first-order valence-electron chi connectivity index (χ1n) is 5.52. The zero-order valence-corrected chi connectivity index (χ0v) is 9.69. The minimum absolute atomic E-state index is 0.308. The molecule has 2 rings (SSSR count). The minimum atomic E-state index is -1.58. The molecular weight excluding hydrogens is 263 g/mol. The van der Waals surface area contributed by atoms with Gasteiger partial charge in [-0.3, -0.25) is 4.79 Å². The van der Waals surface area contributed by atoms with Crippen LogP contribution in [0, 0.1) is 0 Å². The Hall–Kier alpha value is -1.55. The van der Waals surface area contributed by atoms with Gasteiger partial charge in [-0.05, 0) is 0 Å². The molecule has 4 N–H and O–H groups in total. The number of nitrogens with zero attached hydrogens (tertiary/aromatic N) is 1. The number of hydrogen-bond donors (Lipinski definition) is 4. The van der Waals surface area contributed by atoms with Gasteiger partial charge >= 0.3 is 5.69 Å². The number of rotatable bonds is 3. The van der Waals surface area contributed by atoms with Crippen LogP contribution in [0.3, 0.4) is 0 Å². The first-order valence-corrected chi connectivity index (χ1v) is 5.52. The van der Waals surface area contributed by atoms with Gasteiger partial charge in [-0.1, -0.05) is 0 Å². The average molecular weight is 276 g/mol. The maximum Gasteiger partial charge on any atom is 0.330 e. The van der Waals surface area contributed by atoms with Crippen LogP contribution in [0.1, 0.15) is 11.8 Å². The van der Waals surface area contributed by atoms with Crippen LogP contribution in [0.5, 0.6) is 0 Å². The number of aromatic amines is 1. The van der Waals surface area contributed by atoms with E-state index in [0.717, 1.165) is 6.20 Å². The highest BCUT2D eigenvalue weighted by Crippen LogP contribution is 2.27. The Bertz CT molecular complexity index is 570. The van der Waals surface area contributed by atoms with Crippen LogP contribution in [0.25, 0.3) is 0 Å². The summed E-state index contributed by atoms with van der Waals surface area (Å²) in [5.41, 5.74) is -2.17. The van der Waals surface area contributed by atoms with Crippen molar-refractivity contribution in [3.63, 3.8) is 0 Å². The number of H-pyrrole nitrogens is 1. The highest BCUT2D eigenvalue weighted by Gasteiger charge is 2.44. The van der Waals surface area contributed by atoms with Crippen LogP contribution in [0.2, 0.25) is 0 Å². The number of ether oxygens (including phenoxy) is 1. The summed E-state index contributed by atoms with van der Waals surface area (Å²) >= 11 is 0. The Morgan fingerprint density at radius 1 is 1.37 bits per heavy atom. The van der Waals surface area contributed by atoms with Gasteiger partial charge < -0.3 is 25.0 Å². The van der Waals surface area contributed by atoms with Crippen LogP contribution in [0.15, 0.2) is 15.8 Å². The quantitative estimate of drug-likeness (QED) is 0.488. The number of nitrogens with one attached hydrogen (secondary N) is 1. The highest BCUT2D eigenvalue weighted by atomic mass is 19.1. The number of hydrogen-bond acceptors (Lipinski definition) is 6. The van der Waals surface area contributed by atoms with Crippen molar-refractivity contribution in [2.45, 2.75) is 31.2 Å². The number of aromatic nitrogens is 2. The third kappa shape index (κ3) is 2.21. The Balaban J connectivity index is 2.49. The van der Waals surface area contributed by atoms with Crippen molar-refractivity contribution < 1.29 is 24.4 Å². The number of aliphatic hydroxyl groups excluding tert-OH is 3. The third-order valence-electron chi connectivity index (χ3n) is 3.00.